The van der Waals surface area contributed by atoms with Crippen molar-refractivity contribution in [3.05, 3.63) is 0 Å². The van der Waals surface area contributed by atoms with Crippen molar-refractivity contribution in [3.63, 3.8) is 0 Å². The first-order valence-electron chi connectivity index (χ1n) is 28.5. The molecular formula is C57H110O6. The Hall–Kier alpha value is -1.59. The summed E-state index contributed by atoms with van der Waals surface area (Å²) >= 11 is 0. The van der Waals surface area contributed by atoms with Gasteiger partial charge < -0.3 is 14.2 Å². The maximum absolute atomic E-state index is 12.7. The lowest BCUT2D eigenvalue weighted by Gasteiger charge is -2.18. The summed E-state index contributed by atoms with van der Waals surface area (Å²) in [6.07, 6.45) is 58.7. The van der Waals surface area contributed by atoms with Gasteiger partial charge in [0, 0.05) is 19.3 Å². The van der Waals surface area contributed by atoms with Gasteiger partial charge in [0.25, 0.3) is 0 Å². The fraction of sp³-hybridized carbons (Fsp3) is 0.947. The van der Waals surface area contributed by atoms with Crippen LogP contribution >= 0.6 is 0 Å². The molecule has 0 aliphatic rings. The lowest BCUT2D eigenvalue weighted by molar-refractivity contribution is -0.167. The molecular weight excluding hydrogens is 781 g/mol. The van der Waals surface area contributed by atoms with E-state index in [0.29, 0.717) is 19.3 Å². The topological polar surface area (TPSA) is 78.9 Å². The average Bonchev–Trinajstić information content (AvgIpc) is 3.28. The van der Waals surface area contributed by atoms with Crippen LogP contribution in [-0.4, -0.2) is 37.2 Å². The molecule has 0 rings (SSSR count). The average molecular weight is 892 g/mol. The molecule has 6 heteroatoms. The molecule has 0 spiro atoms. The van der Waals surface area contributed by atoms with Crippen LogP contribution in [-0.2, 0) is 28.6 Å². The highest BCUT2D eigenvalue weighted by atomic mass is 16.6. The summed E-state index contributed by atoms with van der Waals surface area (Å²) in [5.41, 5.74) is 0. The lowest BCUT2D eigenvalue weighted by Crippen LogP contribution is -2.30. The predicted octanol–water partition coefficient (Wildman–Crippen LogP) is 18.8. The van der Waals surface area contributed by atoms with Crippen molar-refractivity contribution in [1.82, 2.24) is 0 Å². The number of hydrogen-bond acceptors (Lipinski definition) is 6. The Labute approximate surface area is 393 Å². The molecule has 0 bridgehead atoms. The second-order valence-electron chi connectivity index (χ2n) is 19.6. The van der Waals surface area contributed by atoms with Crippen LogP contribution in [0, 0.1) is 0 Å². The number of unbranched alkanes of at least 4 members (excludes halogenated alkanes) is 42. The molecule has 0 saturated heterocycles. The van der Waals surface area contributed by atoms with Gasteiger partial charge in [0.1, 0.15) is 13.2 Å². The third-order valence-corrected chi connectivity index (χ3v) is 13.1. The van der Waals surface area contributed by atoms with Gasteiger partial charge in [0.15, 0.2) is 6.10 Å². The summed E-state index contributed by atoms with van der Waals surface area (Å²) in [5.74, 6) is -0.856. The number of ether oxygens (including phenoxy) is 3. The molecule has 1 atom stereocenters. The smallest absolute Gasteiger partial charge is 0.306 e. The molecule has 0 aromatic heterocycles. The number of carbonyl (C=O) groups is 3. The molecule has 1 unspecified atom stereocenters. The van der Waals surface area contributed by atoms with Crippen molar-refractivity contribution in [2.24, 2.45) is 0 Å². The second-order valence-corrected chi connectivity index (χ2v) is 19.6. The van der Waals surface area contributed by atoms with Crippen molar-refractivity contribution in [1.29, 1.82) is 0 Å². The molecule has 0 aromatic rings. The standard InChI is InChI=1S/C57H110O6/c1-4-7-10-13-15-17-19-21-22-23-24-25-26-27-28-29-30-31-32-33-34-36-37-39-41-44-47-50-56(59)62-53-54(52-61-55(58)49-46-43-12-9-6-3)63-57(60)51-48-45-42-40-38-35-20-18-16-14-11-8-5-2/h54H,4-53H2,1-3H3. The van der Waals surface area contributed by atoms with E-state index in [-0.39, 0.29) is 31.1 Å². The summed E-state index contributed by atoms with van der Waals surface area (Å²) in [6.45, 7) is 6.61. The van der Waals surface area contributed by atoms with Crippen molar-refractivity contribution < 1.29 is 28.6 Å². The lowest BCUT2D eigenvalue weighted by atomic mass is 10.0. The number of carbonyl (C=O) groups excluding carboxylic acids is 3. The highest BCUT2D eigenvalue weighted by Gasteiger charge is 2.19. The molecule has 0 heterocycles. The highest BCUT2D eigenvalue weighted by Crippen LogP contribution is 2.18. The quantitative estimate of drug-likeness (QED) is 0.0344. The van der Waals surface area contributed by atoms with E-state index in [0.717, 1.165) is 64.2 Å². The van der Waals surface area contributed by atoms with Crippen LogP contribution < -0.4 is 0 Å². The fourth-order valence-electron chi connectivity index (χ4n) is 8.80. The molecule has 0 aliphatic carbocycles. The van der Waals surface area contributed by atoms with Gasteiger partial charge in [-0.3, -0.25) is 14.4 Å². The Balaban J connectivity index is 3.92. The van der Waals surface area contributed by atoms with Crippen molar-refractivity contribution in [3.8, 4) is 0 Å². The molecule has 0 fully saturated rings. The van der Waals surface area contributed by atoms with E-state index in [9.17, 15) is 14.4 Å². The zero-order chi connectivity index (χ0) is 45.8. The Kier molecular flexibility index (Phi) is 51.7. The van der Waals surface area contributed by atoms with Crippen LogP contribution in [0.25, 0.3) is 0 Å². The second kappa shape index (κ2) is 53.0. The van der Waals surface area contributed by atoms with Gasteiger partial charge in [0.05, 0.1) is 0 Å². The first-order valence-corrected chi connectivity index (χ1v) is 28.5. The molecule has 0 radical (unpaired) electrons. The summed E-state index contributed by atoms with van der Waals surface area (Å²) < 4.78 is 16.7. The highest BCUT2D eigenvalue weighted by molar-refractivity contribution is 5.71. The molecule has 374 valence electrons. The maximum atomic E-state index is 12.7. The molecule has 63 heavy (non-hydrogen) atoms. The SMILES string of the molecule is CCCCCCCCCCCCCCCCCCCCCCCCCCCCCC(=O)OCC(COC(=O)CCCCCCC)OC(=O)CCCCCCCCCCCCCCC. The number of rotatable bonds is 53. The third-order valence-electron chi connectivity index (χ3n) is 13.1. The van der Waals surface area contributed by atoms with Gasteiger partial charge in [-0.1, -0.05) is 290 Å². The Morgan fingerprint density at radius 2 is 0.429 bits per heavy atom. The molecule has 0 amide bonds. The molecule has 0 aromatic carbocycles. The van der Waals surface area contributed by atoms with E-state index < -0.39 is 6.10 Å². The largest absolute Gasteiger partial charge is 0.462 e. The van der Waals surface area contributed by atoms with E-state index in [1.54, 1.807) is 0 Å². The summed E-state index contributed by atoms with van der Waals surface area (Å²) in [4.78, 5) is 37.7. The van der Waals surface area contributed by atoms with Crippen LogP contribution in [0.2, 0.25) is 0 Å². The van der Waals surface area contributed by atoms with Crippen molar-refractivity contribution in [2.45, 2.75) is 335 Å². The van der Waals surface area contributed by atoms with E-state index in [1.165, 1.54) is 225 Å². The zero-order valence-corrected chi connectivity index (χ0v) is 42.9. The summed E-state index contributed by atoms with van der Waals surface area (Å²) in [5, 5.41) is 0. The van der Waals surface area contributed by atoms with Gasteiger partial charge in [-0.05, 0) is 19.3 Å². The predicted molar refractivity (Wildman–Crippen MR) is 270 cm³/mol. The van der Waals surface area contributed by atoms with Gasteiger partial charge >= 0.3 is 17.9 Å². The molecule has 0 N–H and O–H groups in total. The monoisotopic (exact) mass is 891 g/mol. The van der Waals surface area contributed by atoms with Crippen molar-refractivity contribution in [2.75, 3.05) is 13.2 Å². The summed E-state index contributed by atoms with van der Waals surface area (Å²) in [6, 6.07) is 0. The molecule has 0 saturated carbocycles. The van der Waals surface area contributed by atoms with Gasteiger partial charge in [-0.15, -0.1) is 0 Å². The van der Waals surface area contributed by atoms with Crippen LogP contribution in [0.4, 0.5) is 0 Å². The van der Waals surface area contributed by atoms with Gasteiger partial charge in [0.2, 0.25) is 0 Å². The Morgan fingerprint density at radius 3 is 0.635 bits per heavy atom. The Bertz CT molecular complexity index is 936. The maximum Gasteiger partial charge on any atom is 0.306 e. The van der Waals surface area contributed by atoms with E-state index in [1.807, 2.05) is 0 Å². The number of hydrogen-bond donors (Lipinski definition) is 0. The van der Waals surface area contributed by atoms with Crippen molar-refractivity contribution >= 4 is 17.9 Å². The van der Waals surface area contributed by atoms with E-state index in [2.05, 4.69) is 20.8 Å². The van der Waals surface area contributed by atoms with Crippen LogP contribution in [0.1, 0.15) is 329 Å². The molecule has 0 aliphatic heterocycles. The van der Waals surface area contributed by atoms with Crippen LogP contribution in [0.5, 0.6) is 0 Å². The van der Waals surface area contributed by atoms with Gasteiger partial charge in [-0.2, -0.15) is 0 Å². The van der Waals surface area contributed by atoms with E-state index in [4.69, 9.17) is 14.2 Å². The number of esters is 3. The molecule has 6 nitrogen and oxygen atoms in total. The normalized spacial score (nSPS) is 11.9. The zero-order valence-electron chi connectivity index (χ0n) is 42.9. The minimum atomic E-state index is -0.758. The van der Waals surface area contributed by atoms with Crippen LogP contribution in [0.3, 0.4) is 0 Å². The van der Waals surface area contributed by atoms with Gasteiger partial charge in [-0.25, -0.2) is 0 Å². The van der Waals surface area contributed by atoms with Crippen LogP contribution in [0.15, 0.2) is 0 Å². The third kappa shape index (κ3) is 51.3. The van der Waals surface area contributed by atoms with E-state index >= 15 is 0 Å². The first kappa shape index (κ1) is 61.4. The fourth-order valence-corrected chi connectivity index (χ4v) is 8.80. The minimum Gasteiger partial charge on any atom is -0.462 e. The minimum absolute atomic E-state index is 0.0630. The first-order chi connectivity index (χ1) is 31.0. The summed E-state index contributed by atoms with van der Waals surface area (Å²) in [7, 11) is 0. The Morgan fingerprint density at radius 1 is 0.254 bits per heavy atom.